The Kier molecular flexibility index (Phi) is 5.57. The SMILES string of the molecule is CC(C)(c1ccc(N(CC2CO2)CC2CO2)cc1)c1ccc(N(CC2CO2)CC2CO2)cc1. The largest absolute Gasteiger partial charge is 0.371 e. The molecule has 4 heterocycles. The molecule has 0 aromatic heterocycles. The summed E-state index contributed by atoms with van der Waals surface area (Å²) in [6.07, 6.45) is 1.48. The monoisotopic (exact) mass is 450 g/mol. The third-order valence-corrected chi connectivity index (χ3v) is 7.21. The summed E-state index contributed by atoms with van der Waals surface area (Å²) in [7, 11) is 0. The molecule has 0 radical (unpaired) electrons. The molecular formula is C27H34N2O4. The number of nitrogens with zero attached hydrogens (tertiary/aromatic N) is 2. The minimum atomic E-state index is -0.0782. The van der Waals surface area contributed by atoms with Gasteiger partial charge in [0.25, 0.3) is 0 Å². The Balaban J connectivity index is 1.16. The lowest BCUT2D eigenvalue weighted by molar-refractivity contribution is 0.388. The summed E-state index contributed by atoms with van der Waals surface area (Å²) >= 11 is 0. The molecule has 2 aromatic carbocycles. The zero-order chi connectivity index (χ0) is 22.4. The fourth-order valence-electron chi connectivity index (χ4n) is 4.59. The van der Waals surface area contributed by atoms with Crippen molar-refractivity contribution >= 4 is 11.4 Å². The number of anilines is 2. The predicted octanol–water partition coefficient (Wildman–Crippen LogP) is 3.22. The van der Waals surface area contributed by atoms with E-state index in [2.05, 4.69) is 72.2 Å². The van der Waals surface area contributed by atoms with E-state index in [-0.39, 0.29) is 5.41 Å². The highest BCUT2D eigenvalue weighted by atomic mass is 16.6. The summed E-state index contributed by atoms with van der Waals surface area (Å²) < 4.78 is 21.9. The Bertz CT molecular complexity index is 840. The van der Waals surface area contributed by atoms with Crippen molar-refractivity contribution < 1.29 is 18.9 Å². The summed E-state index contributed by atoms with van der Waals surface area (Å²) in [5.41, 5.74) is 5.05. The Labute approximate surface area is 196 Å². The van der Waals surface area contributed by atoms with Crippen LogP contribution in [-0.4, -0.2) is 77.0 Å². The highest BCUT2D eigenvalue weighted by Crippen LogP contribution is 2.34. The molecule has 4 aliphatic rings. The molecule has 6 rings (SSSR count). The summed E-state index contributed by atoms with van der Waals surface area (Å²) in [4.78, 5) is 4.81. The molecule has 0 amide bonds. The quantitative estimate of drug-likeness (QED) is 0.463. The van der Waals surface area contributed by atoms with E-state index in [1.165, 1.54) is 22.5 Å². The normalized spacial score (nSPS) is 27.2. The molecule has 0 saturated carbocycles. The van der Waals surface area contributed by atoms with Gasteiger partial charge in [0, 0.05) is 43.0 Å². The highest BCUT2D eigenvalue weighted by molar-refractivity contribution is 5.53. The summed E-state index contributed by atoms with van der Waals surface area (Å²) in [5, 5.41) is 0. The van der Waals surface area contributed by atoms with Crippen LogP contribution in [0.4, 0.5) is 11.4 Å². The fourth-order valence-corrected chi connectivity index (χ4v) is 4.59. The van der Waals surface area contributed by atoms with Gasteiger partial charge in [0.15, 0.2) is 0 Å². The van der Waals surface area contributed by atoms with Gasteiger partial charge in [-0.2, -0.15) is 0 Å². The number of hydrogen-bond donors (Lipinski definition) is 0. The molecule has 0 bridgehead atoms. The van der Waals surface area contributed by atoms with Gasteiger partial charge in [-0.25, -0.2) is 0 Å². The van der Waals surface area contributed by atoms with Crippen molar-refractivity contribution in [3.8, 4) is 0 Å². The van der Waals surface area contributed by atoms with Crippen molar-refractivity contribution in [2.45, 2.75) is 43.7 Å². The van der Waals surface area contributed by atoms with Crippen molar-refractivity contribution in [2.24, 2.45) is 0 Å². The first kappa shape index (κ1) is 21.4. The third-order valence-electron chi connectivity index (χ3n) is 7.21. The lowest BCUT2D eigenvalue weighted by Crippen LogP contribution is -2.32. The number of benzene rings is 2. The third kappa shape index (κ3) is 5.35. The zero-order valence-electron chi connectivity index (χ0n) is 19.6. The average Bonchev–Trinajstić information content (AvgIpc) is 3.62. The van der Waals surface area contributed by atoms with Crippen LogP contribution in [0, 0.1) is 0 Å². The summed E-state index contributed by atoms with van der Waals surface area (Å²) in [6, 6.07) is 18.1. The molecule has 0 aliphatic carbocycles. The lowest BCUT2D eigenvalue weighted by Gasteiger charge is -2.29. The Hall–Kier alpha value is -2.12. The van der Waals surface area contributed by atoms with E-state index < -0.39 is 0 Å². The smallest absolute Gasteiger partial charge is 0.0984 e. The number of hydrogen-bond acceptors (Lipinski definition) is 6. The molecule has 6 heteroatoms. The van der Waals surface area contributed by atoms with Gasteiger partial charge in [-0.15, -0.1) is 0 Å². The minimum absolute atomic E-state index is 0.0782. The molecule has 176 valence electrons. The predicted molar refractivity (Wildman–Crippen MR) is 128 cm³/mol. The fraction of sp³-hybridized carbons (Fsp3) is 0.556. The van der Waals surface area contributed by atoms with Gasteiger partial charge < -0.3 is 28.7 Å². The van der Waals surface area contributed by atoms with Crippen LogP contribution in [-0.2, 0) is 24.4 Å². The molecule has 33 heavy (non-hydrogen) atoms. The molecular weight excluding hydrogens is 416 g/mol. The van der Waals surface area contributed by atoms with Crippen molar-refractivity contribution in [1.29, 1.82) is 0 Å². The van der Waals surface area contributed by atoms with E-state index in [9.17, 15) is 0 Å². The van der Waals surface area contributed by atoms with Crippen LogP contribution < -0.4 is 9.80 Å². The van der Waals surface area contributed by atoms with E-state index in [0.717, 1.165) is 52.6 Å². The topological polar surface area (TPSA) is 56.6 Å². The Morgan fingerprint density at radius 2 is 0.848 bits per heavy atom. The van der Waals surface area contributed by atoms with E-state index in [1.807, 2.05) is 0 Å². The van der Waals surface area contributed by atoms with E-state index in [0.29, 0.717) is 24.4 Å². The van der Waals surface area contributed by atoms with Crippen LogP contribution in [0.5, 0.6) is 0 Å². The lowest BCUT2D eigenvalue weighted by atomic mass is 9.78. The van der Waals surface area contributed by atoms with Gasteiger partial charge in [-0.3, -0.25) is 0 Å². The summed E-state index contributed by atoms with van der Waals surface area (Å²) in [6.45, 7) is 11.9. The maximum absolute atomic E-state index is 5.47. The van der Waals surface area contributed by atoms with Gasteiger partial charge in [-0.05, 0) is 35.4 Å². The first-order valence-corrected chi connectivity index (χ1v) is 12.2. The molecule has 4 fully saturated rings. The van der Waals surface area contributed by atoms with Crippen molar-refractivity contribution in [1.82, 2.24) is 0 Å². The summed E-state index contributed by atoms with van der Waals surface area (Å²) in [5.74, 6) is 0. The van der Waals surface area contributed by atoms with Crippen molar-refractivity contribution in [2.75, 3.05) is 62.4 Å². The maximum Gasteiger partial charge on any atom is 0.0984 e. The van der Waals surface area contributed by atoms with Crippen LogP contribution in [0.15, 0.2) is 48.5 Å². The molecule has 4 unspecified atom stereocenters. The zero-order valence-corrected chi connectivity index (χ0v) is 19.6. The number of epoxide rings is 4. The van der Waals surface area contributed by atoms with Crippen LogP contribution >= 0.6 is 0 Å². The van der Waals surface area contributed by atoms with Gasteiger partial charge in [0.05, 0.1) is 50.8 Å². The second-order valence-corrected chi connectivity index (χ2v) is 10.4. The Morgan fingerprint density at radius 1 is 0.576 bits per heavy atom. The van der Waals surface area contributed by atoms with Crippen LogP contribution in [0.2, 0.25) is 0 Å². The van der Waals surface area contributed by atoms with Crippen molar-refractivity contribution in [3.05, 3.63) is 59.7 Å². The molecule has 0 N–H and O–H groups in total. The van der Waals surface area contributed by atoms with Gasteiger partial charge in [-0.1, -0.05) is 38.1 Å². The van der Waals surface area contributed by atoms with Gasteiger partial charge >= 0.3 is 0 Å². The van der Waals surface area contributed by atoms with Crippen LogP contribution in [0.1, 0.15) is 25.0 Å². The highest BCUT2D eigenvalue weighted by Gasteiger charge is 2.32. The molecule has 6 nitrogen and oxygen atoms in total. The van der Waals surface area contributed by atoms with E-state index in [1.54, 1.807) is 0 Å². The van der Waals surface area contributed by atoms with E-state index in [4.69, 9.17) is 18.9 Å². The standard InChI is InChI=1S/C27H34N2O4/c1-27(2,19-3-7-21(8-4-19)28(11-23-15-30-23)12-24-16-31-24)20-5-9-22(10-6-20)29(13-25-17-32-25)14-26-18-33-26/h3-10,23-26H,11-18H2,1-2H3. The first-order valence-electron chi connectivity index (χ1n) is 12.2. The second-order valence-electron chi connectivity index (χ2n) is 10.4. The first-order chi connectivity index (χ1) is 16.0. The second kappa shape index (κ2) is 8.58. The van der Waals surface area contributed by atoms with Crippen LogP contribution in [0.3, 0.4) is 0 Å². The number of rotatable bonds is 12. The van der Waals surface area contributed by atoms with Gasteiger partial charge in [0.1, 0.15) is 0 Å². The molecule has 2 aromatic rings. The molecule has 4 aliphatic heterocycles. The van der Waals surface area contributed by atoms with Crippen LogP contribution in [0.25, 0.3) is 0 Å². The molecule has 0 spiro atoms. The van der Waals surface area contributed by atoms with E-state index >= 15 is 0 Å². The molecule has 4 atom stereocenters. The van der Waals surface area contributed by atoms with Gasteiger partial charge in [0.2, 0.25) is 0 Å². The Morgan fingerprint density at radius 3 is 1.09 bits per heavy atom. The molecule has 4 saturated heterocycles. The van der Waals surface area contributed by atoms with Crippen molar-refractivity contribution in [3.63, 3.8) is 0 Å². The minimum Gasteiger partial charge on any atom is -0.371 e. The number of ether oxygens (including phenoxy) is 4. The average molecular weight is 451 g/mol. The maximum atomic E-state index is 5.47.